The largest absolute Gasteiger partial charge is 0.496 e. The van der Waals surface area contributed by atoms with Gasteiger partial charge in [-0.3, -0.25) is 0 Å². The monoisotopic (exact) mass is 364 g/mol. The molecule has 3 rings (SSSR count). The average molecular weight is 364 g/mol. The van der Waals surface area contributed by atoms with E-state index in [1.807, 2.05) is 42.5 Å². The number of anilines is 2. The van der Waals surface area contributed by atoms with E-state index < -0.39 is 0 Å². The molecule has 0 aliphatic heterocycles. The van der Waals surface area contributed by atoms with Crippen molar-refractivity contribution in [3.63, 3.8) is 0 Å². The Morgan fingerprint density at radius 3 is 2.73 bits per heavy atom. The molecule has 0 unspecified atom stereocenters. The summed E-state index contributed by atoms with van der Waals surface area (Å²) in [5.74, 6) is 1.48. The Morgan fingerprint density at radius 2 is 2.04 bits per heavy atom. The molecule has 130 valence electrons. The van der Waals surface area contributed by atoms with Gasteiger partial charge in [0.2, 0.25) is 5.95 Å². The van der Waals surface area contributed by atoms with Crippen LogP contribution in [-0.2, 0) is 5.75 Å². The molecule has 0 fully saturated rings. The number of nitrogen functional groups attached to an aromatic ring is 2. The van der Waals surface area contributed by atoms with E-state index in [0.29, 0.717) is 11.4 Å². The van der Waals surface area contributed by atoms with Gasteiger partial charge in [-0.25, -0.2) is 9.97 Å². The summed E-state index contributed by atoms with van der Waals surface area (Å²) < 4.78 is 5.45. The van der Waals surface area contributed by atoms with Gasteiger partial charge in [-0.1, -0.05) is 6.07 Å². The molecule has 2 aromatic heterocycles. The predicted octanol–water partition coefficient (Wildman–Crippen LogP) is 2.88. The van der Waals surface area contributed by atoms with Crippen LogP contribution in [0.1, 0.15) is 11.1 Å². The molecule has 0 saturated carbocycles. The van der Waals surface area contributed by atoms with Gasteiger partial charge in [-0.15, -0.1) is 11.8 Å². The predicted molar refractivity (Wildman–Crippen MR) is 101 cm³/mol. The smallest absolute Gasteiger partial charge is 0.222 e. The Bertz CT molecular complexity index is 971. The Kier molecular flexibility index (Phi) is 5.20. The standard InChI is InChI=1S/C18H16N6OS/c1-25-14-6-5-11(16-13(9-19)17(20)24-18(21)23-16)8-12(14)10-26-15-4-2-3-7-22-15/h2-8H,10H2,1H3,(H4,20,21,23,24). The highest BCUT2D eigenvalue weighted by Crippen LogP contribution is 2.32. The second-order valence-corrected chi connectivity index (χ2v) is 6.28. The molecular formula is C18H16N6OS. The average Bonchev–Trinajstić information content (AvgIpc) is 2.66. The Balaban J connectivity index is 1.99. The number of nitriles is 1. The molecule has 0 spiro atoms. The van der Waals surface area contributed by atoms with E-state index in [-0.39, 0.29) is 17.3 Å². The quantitative estimate of drug-likeness (QED) is 0.662. The number of aromatic nitrogens is 3. The van der Waals surface area contributed by atoms with Crippen LogP contribution in [0.3, 0.4) is 0 Å². The van der Waals surface area contributed by atoms with Crippen LogP contribution < -0.4 is 16.2 Å². The van der Waals surface area contributed by atoms with E-state index in [0.717, 1.165) is 21.9 Å². The van der Waals surface area contributed by atoms with Crippen molar-refractivity contribution in [3.05, 3.63) is 53.7 Å². The van der Waals surface area contributed by atoms with Gasteiger partial charge in [-0.2, -0.15) is 10.2 Å². The number of methoxy groups -OCH3 is 1. The maximum absolute atomic E-state index is 9.39. The van der Waals surface area contributed by atoms with E-state index in [1.54, 1.807) is 25.1 Å². The first-order chi connectivity index (χ1) is 12.6. The Morgan fingerprint density at radius 1 is 1.19 bits per heavy atom. The molecule has 1 aromatic carbocycles. The van der Waals surface area contributed by atoms with Crippen LogP contribution in [0, 0.1) is 11.3 Å². The number of nitrogens with two attached hydrogens (primary N) is 2. The normalized spacial score (nSPS) is 10.3. The van der Waals surface area contributed by atoms with E-state index in [9.17, 15) is 5.26 Å². The van der Waals surface area contributed by atoms with Gasteiger partial charge in [-0.05, 0) is 30.3 Å². The van der Waals surface area contributed by atoms with Crippen molar-refractivity contribution in [2.45, 2.75) is 10.8 Å². The van der Waals surface area contributed by atoms with Crippen LogP contribution in [0.15, 0.2) is 47.6 Å². The number of ether oxygens (including phenoxy) is 1. The first-order valence-electron chi connectivity index (χ1n) is 7.66. The summed E-state index contributed by atoms with van der Waals surface area (Å²) in [6.45, 7) is 0. The van der Waals surface area contributed by atoms with Gasteiger partial charge in [0.15, 0.2) is 0 Å². The maximum Gasteiger partial charge on any atom is 0.222 e. The number of hydrogen-bond donors (Lipinski definition) is 2. The van der Waals surface area contributed by atoms with Crippen molar-refractivity contribution in [2.75, 3.05) is 18.6 Å². The molecule has 26 heavy (non-hydrogen) atoms. The third kappa shape index (κ3) is 3.68. The summed E-state index contributed by atoms with van der Waals surface area (Å²) in [4.78, 5) is 12.3. The lowest BCUT2D eigenvalue weighted by molar-refractivity contribution is 0.411. The minimum absolute atomic E-state index is 0.0247. The number of pyridine rings is 1. The van der Waals surface area contributed by atoms with Gasteiger partial charge in [0.1, 0.15) is 23.2 Å². The zero-order chi connectivity index (χ0) is 18.5. The van der Waals surface area contributed by atoms with Crippen LogP contribution in [0.4, 0.5) is 11.8 Å². The zero-order valence-corrected chi connectivity index (χ0v) is 14.8. The van der Waals surface area contributed by atoms with Crippen LogP contribution in [-0.4, -0.2) is 22.1 Å². The zero-order valence-electron chi connectivity index (χ0n) is 14.0. The molecule has 2 heterocycles. The highest BCUT2D eigenvalue weighted by molar-refractivity contribution is 7.98. The van der Waals surface area contributed by atoms with Crippen molar-refractivity contribution in [3.8, 4) is 23.1 Å². The number of nitrogens with zero attached hydrogens (tertiary/aromatic N) is 4. The molecule has 4 N–H and O–H groups in total. The highest BCUT2D eigenvalue weighted by atomic mass is 32.2. The molecule has 0 aliphatic rings. The molecule has 8 heteroatoms. The minimum atomic E-state index is 0.0247. The summed E-state index contributed by atoms with van der Waals surface area (Å²) in [5.41, 5.74) is 13.8. The third-order valence-electron chi connectivity index (χ3n) is 3.63. The summed E-state index contributed by atoms with van der Waals surface area (Å²) >= 11 is 1.58. The van der Waals surface area contributed by atoms with Gasteiger partial charge in [0.05, 0.1) is 17.8 Å². The summed E-state index contributed by atoms with van der Waals surface area (Å²) in [6.07, 6.45) is 1.75. The fourth-order valence-corrected chi connectivity index (χ4v) is 3.28. The molecule has 0 radical (unpaired) electrons. The van der Waals surface area contributed by atoms with E-state index in [2.05, 4.69) is 15.0 Å². The fourth-order valence-electron chi connectivity index (χ4n) is 2.44. The lowest BCUT2D eigenvalue weighted by Gasteiger charge is -2.12. The topological polar surface area (TPSA) is 124 Å². The molecule has 0 atom stereocenters. The third-order valence-corrected chi connectivity index (χ3v) is 4.63. The Hall–Kier alpha value is -3.31. The number of benzene rings is 1. The van der Waals surface area contributed by atoms with Crippen LogP contribution in [0.5, 0.6) is 5.75 Å². The lowest BCUT2D eigenvalue weighted by Crippen LogP contribution is -2.05. The van der Waals surface area contributed by atoms with Gasteiger partial charge < -0.3 is 16.2 Å². The summed E-state index contributed by atoms with van der Waals surface area (Å²) in [7, 11) is 1.62. The lowest BCUT2D eigenvalue weighted by atomic mass is 10.0. The molecule has 0 saturated heterocycles. The SMILES string of the molecule is COc1ccc(-c2nc(N)nc(N)c2C#N)cc1CSc1ccccn1. The van der Waals surface area contributed by atoms with Crippen molar-refractivity contribution in [1.29, 1.82) is 5.26 Å². The minimum Gasteiger partial charge on any atom is -0.496 e. The van der Waals surface area contributed by atoms with Crippen molar-refractivity contribution in [2.24, 2.45) is 0 Å². The maximum atomic E-state index is 9.39. The van der Waals surface area contributed by atoms with Crippen molar-refractivity contribution in [1.82, 2.24) is 15.0 Å². The van der Waals surface area contributed by atoms with Crippen molar-refractivity contribution < 1.29 is 4.74 Å². The van der Waals surface area contributed by atoms with Crippen molar-refractivity contribution >= 4 is 23.5 Å². The highest BCUT2D eigenvalue weighted by Gasteiger charge is 2.15. The number of thioether (sulfide) groups is 1. The molecular weight excluding hydrogens is 348 g/mol. The number of rotatable bonds is 5. The van der Waals surface area contributed by atoms with Gasteiger partial charge in [0.25, 0.3) is 0 Å². The first-order valence-corrected chi connectivity index (χ1v) is 8.65. The summed E-state index contributed by atoms with van der Waals surface area (Å²) in [6, 6.07) is 13.4. The second kappa shape index (κ2) is 7.72. The molecule has 7 nitrogen and oxygen atoms in total. The fraction of sp³-hybridized carbons (Fsp3) is 0.111. The van der Waals surface area contributed by atoms with Crippen LogP contribution >= 0.6 is 11.8 Å². The molecule has 3 aromatic rings. The second-order valence-electron chi connectivity index (χ2n) is 5.29. The van der Waals surface area contributed by atoms with E-state index in [4.69, 9.17) is 16.2 Å². The summed E-state index contributed by atoms with van der Waals surface area (Å²) in [5, 5.41) is 10.3. The van der Waals surface area contributed by atoms with E-state index in [1.165, 1.54) is 0 Å². The van der Waals surface area contributed by atoms with Gasteiger partial charge in [0, 0.05) is 23.1 Å². The van der Waals surface area contributed by atoms with Crippen LogP contribution in [0.25, 0.3) is 11.3 Å². The Labute approximate surface area is 155 Å². The molecule has 0 bridgehead atoms. The van der Waals surface area contributed by atoms with Gasteiger partial charge >= 0.3 is 0 Å². The number of hydrogen-bond acceptors (Lipinski definition) is 8. The van der Waals surface area contributed by atoms with E-state index >= 15 is 0 Å². The van der Waals surface area contributed by atoms with Crippen LogP contribution in [0.2, 0.25) is 0 Å². The molecule has 0 aliphatic carbocycles. The first kappa shape index (κ1) is 17.5. The molecule has 0 amide bonds.